The minimum absolute atomic E-state index is 0.0293. The molecule has 1 N–H and O–H groups in total. The average Bonchev–Trinajstić information content (AvgIpc) is 2.66. The number of carbonyl (C=O) groups excluding carboxylic acids is 1. The smallest absolute Gasteiger partial charge is 0.229 e. The van der Waals surface area contributed by atoms with Gasteiger partial charge in [-0.2, -0.15) is 12.6 Å². The normalized spacial score (nSPS) is 19.6. The molecule has 0 aliphatic carbocycles. The largest absolute Gasteiger partial charge is 0.355 e. The lowest BCUT2D eigenvalue weighted by Crippen LogP contribution is -2.34. The molecule has 1 amide bonds. The second kappa shape index (κ2) is 6.30. The highest BCUT2D eigenvalue weighted by Gasteiger charge is 2.14. The molecule has 0 bridgehead atoms. The monoisotopic (exact) mass is 216 g/mol. The summed E-state index contributed by atoms with van der Waals surface area (Å²) in [6.07, 6.45) is 2.66. The number of likely N-dealkylation sites (tertiary alicyclic amines) is 1. The van der Waals surface area contributed by atoms with E-state index in [0.717, 1.165) is 13.1 Å². The fourth-order valence-corrected chi connectivity index (χ4v) is 1.93. The van der Waals surface area contributed by atoms with Crippen molar-refractivity contribution >= 4 is 18.5 Å². The molecule has 1 heterocycles. The molecular formula is C10H20N2OS. The SMILES string of the molecule is CC(CNC(=O)CS)CN1CCCC1. The van der Waals surface area contributed by atoms with E-state index in [1.807, 2.05) is 0 Å². The van der Waals surface area contributed by atoms with Gasteiger partial charge in [0.2, 0.25) is 5.91 Å². The van der Waals surface area contributed by atoms with Crippen LogP contribution in [0.1, 0.15) is 19.8 Å². The summed E-state index contributed by atoms with van der Waals surface area (Å²) in [6.45, 7) is 6.51. The molecule has 14 heavy (non-hydrogen) atoms. The summed E-state index contributed by atoms with van der Waals surface area (Å²) in [7, 11) is 0. The van der Waals surface area contributed by atoms with Crippen LogP contribution in [-0.4, -0.2) is 42.7 Å². The van der Waals surface area contributed by atoms with E-state index in [0.29, 0.717) is 5.92 Å². The van der Waals surface area contributed by atoms with Gasteiger partial charge in [0.1, 0.15) is 0 Å². The molecule has 1 saturated heterocycles. The summed E-state index contributed by atoms with van der Waals surface area (Å²) in [5.74, 6) is 0.856. The molecule has 1 atom stereocenters. The minimum Gasteiger partial charge on any atom is -0.355 e. The highest BCUT2D eigenvalue weighted by Crippen LogP contribution is 2.09. The molecule has 0 aromatic rings. The fourth-order valence-electron chi connectivity index (χ4n) is 1.81. The molecular weight excluding hydrogens is 196 g/mol. The van der Waals surface area contributed by atoms with Gasteiger partial charge in [-0.3, -0.25) is 4.79 Å². The molecule has 0 aromatic heterocycles. The van der Waals surface area contributed by atoms with Crippen molar-refractivity contribution in [3.8, 4) is 0 Å². The first-order valence-corrected chi connectivity index (χ1v) is 5.95. The number of carbonyl (C=O) groups is 1. The van der Waals surface area contributed by atoms with Crippen LogP contribution in [-0.2, 0) is 4.79 Å². The molecule has 1 fully saturated rings. The summed E-state index contributed by atoms with van der Waals surface area (Å²) in [5, 5.41) is 2.86. The molecule has 1 unspecified atom stereocenters. The maximum absolute atomic E-state index is 11.0. The third-order valence-electron chi connectivity index (χ3n) is 2.56. The van der Waals surface area contributed by atoms with Crippen LogP contribution < -0.4 is 5.32 Å². The van der Waals surface area contributed by atoms with E-state index in [4.69, 9.17) is 0 Å². The van der Waals surface area contributed by atoms with Gasteiger partial charge < -0.3 is 10.2 Å². The first-order chi connectivity index (χ1) is 6.72. The third kappa shape index (κ3) is 4.33. The maximum atomic E-state index is 11.0. The van der Waals surface area contributed by atoms with Gasteiger partial charge >= 0.3 is 0 Å². The molecule has 0 radical (unpaired) electrons. The predicted molar refractivity (Wildman–Crippen MR) is 61.7 cm³/mol. The van der Waals surface area contributed by atoms with Crippen molar-refractivity contribution in [1.29, 1.82) is 0 Å². The van der Waals surface area contributed by atoms with E-state index in [1.54, 1.807) is 0 Å². The van der Waals surface area contributed by atoms with Crippen molar-refractivity contribution in [2.24, 2.45) is 5.92 Å². The first-order valence-electron chi connectivity index (χ1n) is 5.32. The topological polar surface area (TPSA) is 32.3 Å². The Balaban J connectivity index is 2.08. The zero-order valence-corrected chi connectivity index (χ0v) is 9.72. The Labute approximate surface area is 91.6 Å². The molecule has 1 rings (SSSR count). The van der Waals surface area contributed by atoms with Crippen LogP contribution in [0.2, 0.25) is 0 Å². The van der Waals surface area contributed by atoms with Gasteiger partial charge in [0.15, 0.2) is 0 Å². The lowest BCUT2D eigenvalue weighted by Gasteiger charge is -2.20. The Morgan fingerprint density at radius 2 is 2.14 bits per heavy atom. The molecule has 1 aliphatic heterocycles. The Kier molecular flexibility index (Phi) is 5.33. The van der Waals surface area contributed by atoms with Crippen molar-refractivity contribution in [3.05, 3.63) is 0 Å². The Morgan fingerprint density at radius 3 is 2.71 bits per heavy atom. The average molecular weight is 216 g/mol. The number of thiol groups is 1. The Morgan fingerprint density at radius 1 is 1.50 bits per heavy atom. The standard InChI is InChI=1S/C10H20N2OS/c1-9(6-11-10(13)8-14)7-12-4-2-3-5-12/h9,14H,2-8H2,1H3,(H,11,13). The van der Waals surface area contributed by atoms with E-state index >= 15 is 0 Å². The Bertz CT molecular complexity index is 181. The van der Waals surface area contributed by atoms with Crippen LogP contribution in [0.4, 0.5) is 0 Å². The molecule has 3 nitrogen and oxygen atoms in total. The lowest BCUT2D eigenvalue weighted by molar-refractivity contribution is -0.118. The van der Waals surface area contributed by atoms with Crippen molar-refractivity contribution in [2.45, 2.75) is 19.8 Å². The molecule has 82 valence electrons. The highest BCUT2D eigenvalue weighted by atomic mass is 32.1. The van der Waals surface area contributed by atoms with Crippen LogP contribution in [0.25, 0.3) is 0 Å². The van der Waals surface area contributed by atoms with Crippen LogP contribution in [0.5, 0.6) is 0 Å². The quantitative estimate of drug-likeness (QED) is 0.665. The molecule has 1 aliphatic rings. The van der Waals surface area contributed by atoms with Crippen LogP contribution in [0, 0.1) is 5.92 Å². The van der Waals surface area contributed by atoms with Gasteiger partial charge in [-0.25, -0.2) is 0 Å². The summed E-state index contributed by atoms with van der Waals surface area (Å²) < 4.78 is 0. The summed E-state index contributed by atoms with van der Waals surface area (Å²) in [5.41, 5.74) is 0. The fraction of sp³-hybridized carbons (Fsp3) is 0.900. The maximum Gasteiger partial charge on any atom is 0.229 e. The Hall–Kier alpha value is -0.220. The summed E-state index contributed by atoms with van der Waals surface area (Å²) in [4.78, 5) is 13.4. The zero-order valence-electron chi connectivity index (χ0n) is 8.83. The van der Waals surface area contributed by atoms with Crippen LogP contribution in [0.15, 0.2) is 0 Å². The second-order valence-corrected chi connectivity index (χ2v) is 4.39. The van der Waals surface area contributed by atoms with Gasteiger partial charge in [0.25, 0.3) is 0 Å². The number of amides is 1. The van der Waals surface area contributed by atoms with Crippen molar-refractivity contribution in [2.75, 3.05) is 31.9 Å². The van der Waals surface area contributed by atoms with E-state index < -0.39 is 0 Å². The number of hydrogen-bond acceptors (Lipinski definition) is 3. The van der Waals surface area contributed by atoms with Gasteiger partial charge in [-0.1, -0.05) is 6.92 Å². The number of nitrogens with one attached hydrogen (secondary N) is 1. The van der Waals surface area contributed by atoms with Crippen LogP contribution >= 0.6 is 12.6 Å². The van der Waals surface area contributed by atoms with E-state index in [2.05, 4.69) is 29.8 Å². The first kappa shape index (κ1) is 11.9. The van der Waals surface area contributed by atoms with E-state index in [-0.39, 0.29) is 11.7 Å². The van der Waals surface area contributed by atoms with Gasteiger partial charge in [-0.15, -0.1) is 0 Å². The second-order valence-electron chi connectivity index (χ2n) is 4.08. The summed E-state index contributed by atoms with van der Waals surface area (Å²) >= 11 is 3.91. The van der Waals surface area contributed by atoms with Crippen molar-refractivity contribution in [3.63, 3.8) is 0 Å². The lowest BCUT2D eigenvalue weighted by atomic mass is 10.1. The van der Waals surface area contributed by atoms with Gasteiger partial charge in [-0.05, 0) is 31.8 Å². The number of nitrogens with zero attached hydrogens (tertiary/aromatic N) is 1. The molecule has 0 spiro atoms. The van der Waals surface area contributed by atoms with Crippen molar-refractivity contribution in [1.82, 2.24) is 10.2 Å². The van der Waals surface area contributed by atoms with E-state index in [1.165, 1.54) is 25.9 Å². The highest BCUT2D eigenvalue weighted by molar-refractivity contribution is 7.81. The van der Waals surface area contributed by atoms with Gasteiger partial charge in [0, 0.05) is 13.1 Å². The molecule has 0 aromatic carbocycles. The molecule has 4 heteroatoms. The van der Waals surface area contributed by atoms with Crippen LogP contribution in [0.3, 0.4) is 0 Å². The van der Waals surface area contributed by atoms with Gasteiger partial charge in [0.05, 0.1) is 5.75 Å². The number of rotatable bonds is 5. The minimum atomic E-state index is 0.0293. The predicted octanol–water partition coefficient (Wildman–Crippen LogP) is 0.764. The van der Waals surface area contributed by atoms with Crippen molar-refractivity contribution < 1.29 is 4.79 Å². The zero-order chi connectivity index (χ0) is 10.4. The summed E-state index contributed by atoms with van der Waals surface area (Å²) in [6, 6.07) is 0. The number of hydrogen-bond donors (Lipinski definition) is 2. The van der Waals surface area contributed by atoms with E-state index in [9.17, 15) is 4.79 Å². The molecule has 0 saturated carbocycles. The third-order valence-corrected chi connectivity index (χ3v) is 2.85.